The molecule has 1 saturated heterocycles. The van der Waals surface area contributed by atoms with Crippen LogP contribution in [0.3, 0.4) is 0 Å². The number of carboxylic acid groups (broad SMARTS) is 1. The number of rotatable bonds is 5. The standard InChI is InChI=1S/C15H20ClNO3/c1-17(9-11-4-6-20-7-5-11)10-13-3-2-12(15(18)19)8-14(13)16/h2-3,8,11H,4-7,9-10H2,1H3,(H,18,19). The summed E-state index contributed by atoms with van der Waals surface area (Å²) in [5.41, 5.74) is 1.19. The summed E-state index contributed by atoms with van der Waals surface area (Å²) in [7, 11) is 2.07. The van der Waals surface area contributed by atoms with Crippen molar-refractivity contribution < 1.29 is 14.6 Å². The first kappa shape index (κ1) is 15.3. The molecule has 1 aromatic carbocycles. The highest BCUT2D eigenvalue weighted by Gasteiger charge is 2.16. The number of halogens is 1. The first-order valence-corrected chi connectivity index (χ1v) is 7.22. The van der Waals surface area contributed by atoms with Crippen LogP contribution in [0.5, 0.6) is 0 Å². The van der Waals surface area contributed by atoms with Crippen LogP contribution in [0, 0.1) is 5.92 Å². The van der Waals surface area contributed by atoms with Gasteiger partial charge in [-0.15, -0.1) is 0 Å². The van der Waals surface area contributed by atoms with Gasteiger partial charge in [0.1, 0.15) is 0 Å². The average Bonchev–Trinajstić information content (AvgIpc) is 2.42. The van der Waals surface area contributed by atoms with Gasteiger partial charge in [-0.3, -0.25) is 0 Å². The zero-order chi connectivity index (χ0) is 14.5. The van der Waals surface area contributed by atoms with Crippen LogP contribution in [0.15, 0.2) is 18.2 Å². The minimum Gasteiger partial charge on any atom is -0.478 e. The molecule has 1 aliphatic heterocycles. The van der Waals surface area contributed by atoms with Gasteiger partial charge in [-0.25, -0.2) is 4.79 Å². The van der Waals surface area contributed by atoms with Gasteiger partial charge in [0.15, 0.2) is 0 Å². The van der Waals surface area contributed by atoms with E-state index in [4.69, 9.17) is 21.4 Å². The Hall–Kier alpha value is -1.10. The van der Waals surface area contributed by atoms with Crippen LogP contribution in [0.4, 0.5) is 0 Å². The van der Waals surface area contributed by atoms with Crippen molar-refractivity contribution >= 4 is 17.6 Å². The second kappa shape index (κ2) is 7.07. The lowest BCUT2D eigenvalue weighted by Crippen LogP contribution is -2.29. The molecule has 1 aliphatic rings. The minimum absolute atomic E-state index is 0.228. The Morgan fingerprint density at radius 1 is 1.45 bits per heavy atom. The molecule has 110 valence electrons. The second-order valence-corrected chi connectivity index (χ2v) is 5.77. The fraction of sp³-hybridized carbons (Fsp3) is 0.533. The van der Waals surface area contributed by atoms with Crippen molar-refractivity contribution in [2.45, 2.75) is 19.4 Å². The fourth-order valence-electron chi connectivity index (χ4n) is 2.53. The van der Waals surface area contributed by atoms with Crippen LogP contribution in [0.1, 0.15) is 28.8 Å². The van der Waals surface area contributed by atoms with E-state index in [2.05, 4.69) is 11.9 Å². The van der Waals surface area contributed by atoms with E-state index in [1.54, 1.807) is 12.1 Å². The Balaban J connectivity index is 1.93. The van der Waals surface area contributed by atoms with E-state index >= 15 is 0 Å². The summed E-state index contributed by atoms with van der Waals surface area (Å²) in [5.74, 6) is -0.278. The Bertz CT molecular complexity index is 472. The Kier molecular flexibility index (Phi) is 5.40. The largest absolute Gasteiger partial charge is 0.478 e. The van der Waals surface area contributed by atoms with E-state index in [1.807, 2.05) is 0 Å². The second-order valence-electron chi connectivity index (χ2n) is 5.36. The van der Waals surface area contributed by atoms with Gasteiger partial charge in [-0.1, -0.05) is 17.7 Å². The smallest absolute Gasteiger partial charge is 0.335 e. The highest BCUT2D eigenvalue weighted by atomic mass is 35.5. The first-order valence-electron chi connectivity index (χ1n) is 6.84. The van der Waals surface area contributed by atoms with Gasteiger partial charge >= 0.3 is 5.97 Å². The molecule has 0 unspecified atom stereocenters. The van der Waals surface area contributed by atoms with Crippen molar-refractivity contribution in [3.8, 4) is 0 Å². The lowest BCUT2D eigenvalue weighted by Gasteiger charge is -2.27. The number of carbonyl (C=O) groups is 1. The highest BCUT2D eigenvalue weighted by molar-refractivity contribution is 6.31. The van der Waals surface area contributed by atoms with Crippen LogP contribution in [-0.4, -0.2) is 42.8 Å². The van der Waals surface area contributed by atoms with Gasteiger partial charge in [0.05, 0.1) is 5.56 Å². The van der Waals surface area contributed by atoms with Crippen molar-refractivity contribution in [3.63, 3.8) is 0 Å². The number of hydrogen-bond acceptors (Lipinski definition) is 3. The van der Waals surface area contributed by atoms with Crippen molar-refractivity contribution in [1.82, 2.24) is 4.90 Å². The van der Waals surface area contributed by atoms with Gasteiger partial charge < -0.3 is 14.7 Å². The molecule has 1 N–H and O–H groups in total. The quantitative estimate of drug-likeness (QED) is 0.908. The minimum atomic E-state index is -0.950. The summed E-state index contributed by atoms with van der Waals surface area (Å²) < 4.78 is 5.36. The van der Waals surface area contributed by atoms with Gasteiger partial charge in [-0.05, 0) is 43.5 Å². The lowest BCUT2D eigenvalue weighted by atomic mass is 9.99. The molecule has 1 aromatic rings. The maximum atomic E-state index is 10.9. The molecule has 4 nitrogen and oxygen atoms in total. The summed E-state index contributed by atoms with van der Waals surface area (Å²) >= 11 is 6.15. The molecule has 0 amide bonds. The molecule has 1 fully saturated rings. The Morgan fingerprint density at radius 3 is 2.75 bits per heavy atom. The van der Waals surface area contributed by atoms with Gasteiger partial charge in [-0.2, -0.15) is 0 Å². The van der Waals surface area contributed by atoms with Crippen LogP contribution in [0.25, 0.3) is 0 Å². The first-order chi connectivity index (χ1) is 9.56. The number of aromatic carboxylic acids is 1. The van der Waals surface area contributed by atoms with E-state index in [-0.39, 0.29) is 5.56 Å². The maximum absolute atomic E-state index is 10.9. The third-order valence-electron chi connectivity index (χ3n) is 3.65. The summed E-state index contributed by atoms with van der Waals surface area (Å²) in [6.07, 6.45) is 2.21. The molecule has 0 spiro atoms. The van der Waals surface area contributed by atoms with E-state index in [1.165, 1.54) is 6.07 Å². The molecular formula is C15H20ClNO3. The Labute approximate surface area is 124 Å². The van der Waals surface area contributed by atoms with Crippen molar-refractivity contribution in [1.29, 1.82) is 0 Å². The predicted octanol–water partition coefficient (Wildman–Crippen LogP) is 2.90. The van der Waals surface area contributed by atoms with E-state index in [9.17, 15) is 4.79 Å². The van der Waals surface area contributed by atoms with Crippen molar-refractivity contribution in [2.75, 3.05) is 26.8 Å². The summed E-state index contributed by atoms with van der Waals surface area (Å²) in [5, 5.41) is 9.43. The average molecular weight is 298 g/mol. The molecule has 0 atom stereocenters. The topological polar surface area (TPSA) is 49.8 Å². The van der Waals surface area contributed by atoms with Crippen LogP contribution < -0.4 is 0 Å². The molecule has 20 heavy (non-hydrogen) atoms. The molecule has 5 heteroatoms. The van der Waals surface area contributed by atoms with E-state index < -0.39 is 5.97 Å². The van der Waals surface area contributed by atoms with Crippen LogP contribution in [0.2, 0.25) is 5.02 Å². The molecule has 0 aliphatic carbocycles. The van der Waals surface area contributed by atoms with Gasteiger partial charge in [0.25, 0.3) is 0 Å². The normalized spacial score (nSPS) is 16.6. The van der Waals surface area contributed by atoms with Crippen molar-refractivity contribution in [3.05, 3.63) is 34.3 Å². The van der Waals surface area contributed by atoms with E-state index in [0.29, 0.717) is 10.9 Å². The van der Waals surface area contributed by atoms with Gasteiger partial charge in [0, 0.05) is 31.3 Å². The molecule has 0 aromatic heterocycles. The highest BCUT2D eigenvalue weighted by Crippen LogP contribution is 2.21. The Morgan fingerprint density at radius 2 is 2.15 bits per heavy atom. The number of benzene rings is 1. The molecular weight excluding hydrogens is 278 g/mol. The van der Waals surface area contributed by atoms with Crippen LogP contribution in [-0.2, 0) is 11.3 Å². The van der Waals surface area contributed by atoms with E-state index in [0.717, 1.165) is 44.7 Å². The number of nitrogens with zero attached hydrogens (tertiary/aromatic N) is 1. The third-order valence-corrected chi connectivity index (χ3v) is 4.00. The third kappa shape index (κ3) is 4.20. The number of hydrogen-bond donors (Lipinski definition) is 1. The zero-order valence-electron chi connectivity index (χ0n) is 11.6. The van der Waals surface area contributed by atoms with Gasteiger partial charge in [0.2, 0.25) is 0 Å². The maximum Gasteiger partial charge on any atom is 0.335 e. The fourth-order valence-corrected chi connectivity index (χ4v) is 2.77. The zero-order valence-corrected chi connectivity index (χ0v) is 12.4. The summed E-state index contributed by atoms with van der Waals surface area (Å²) in [6, 6.07) is 4.92. The van der Waals surface area contributed by atoms with Crippen molar-refractivity contribution in [2.24, 2.45) is 5.92 Å². The summed E-state index contributed by atoms with van der Waals surface area (Å²) in [4.78, 5) is 13.1. The lowest BCUT2D eigenvalue weighted by molar-refractivity contribution is 0.0549. The SMILES string of the molecule is CN(Cc1ccc(C(=O)O)cc1Cl)CC1CCOCC1. The summed E-state index contributed by atoms with van der Waals surface area (Å²) in [6.45, 7) is 3.45. The monoisotopic (exact) mass is 297 g/mol. The predicted molar refractivity (Wildman–Crippen MR) is 78.3 cm³/mol. The van der Waals surface area contributed by atoms with Crippen LogP contribution >= 0.6 is 11.6 Å². The molecule has 2 rings (SSSR count). The molecule has 0 radical (unpaired) electrons. The molecule has 0 bridgehead atoms. The molecule has 1 heterocycles. The number of carboxylic acids is 1. The molecule has 0 saturated carbocycles. The number of ether oxygens (including phenoxy) is 1.